The predicted octanol–water partition coefficient (Wildman–Crippen LogP) is 6.35. The SMILES string of the molecule is COc1ccccc1-c1nnc(SCC(=O)c2ccc3ccccc3c2)nc1-c1ccccc1OC. The zero-order valence-corrected chi connectivity index (χ0v) is 20.7. The van der Waals surface area contributed by atoms with E-state index in [-0.39, 0.29) is 11.5 Å². The van der Waals surface area contributed by atoms with Gasteiger partial charge in [-0.2, -0.15) is 0 Å². The van der Waals surface area contributed by atoms with Crippen LogP contribution in [0.3, 0.4) is 0 Å². The highest BCUT2D eigenvalue weighted by atomic mass is 32.2. The van der Waals surface area contributed by atoms with Crippen LogP contribution in [0.4, 0.5) is 0 Å². The van der Waals surface area contributed by atoms with Gasteiger partial charge >= 0.3 is 0 Å². The van der Waals surface area contributed by atoms with E-state index in [0.717, 1.165) is 21.9 Å². The molecule has 0 bridgehead atoms. The van der Waals surface area contributed by atoms with Gasteiger partial charge in [0.1, 0.15) is 22.9 Å². The number of ether oxygens (including phenoxy) is 2. The fraction of sp³-hybridized carbons (Fsp3) is 0.103. The van der Waals surface area contributed by atoms with Crippen LogP contribution in [-0.4, -0.2) is 40.9 Å². The molecule has 7 heteroatoms. The zero-order chi connectivity index (χ0) is 24.9. The highest BCUT2D eigenvalue weighted by Crippen LogP contribution is 2.38. The van der Waals surface area contributed by atoms with Crippen LogP contribution in [0.1, 0.15) is 10.4 Å². The summed E-state index contributed by atoms with van der Waals surface area (Å²) in [5, 5.41) is 11.4. The van der Waals surface area contributed by atoms with Crippen molar-refractivity contribution in [3.05, 3.63) is 96.6 Å². The van der Waals surface area contributed by atoms with E-state index in [4.69, 9.17) is 14.5 Å². The third kappa shape index (κ3) is 4.78. The van der Waals surface area contributed by atoms with Crippen LogP contribution in [0.15, 0.2) is 96.2 Å². The third-order valence-corrected chi connectivity index (χ3v) is 6.63. The predicted molar refractivity (Wildman–Crippen MR) is 143 cm³/mol. The van der Waals surface area contributed by atoms with Crippen molar-refractivity contribution in [1.82, 2.24) is 15.2 Å². The average molecular weight is 494 g/mol. The van der Waals surface area contributed by atoms with Crippen molar-refractivity contribution in [3.8, 4) is 34.0 Å². The van der Waals surface area contributed by atoms with Crippen molar-refractivity contribution >= 4 is 28.3 Å². The lowest BCUT2D eigenvalue weighted by Gasteiger charge is -2.14. The molecule has 0 aliphatic rings. The first kappa shape index (κ1) is 23.5. The van der Waals surface area contributed by atoms with Gasteiger partial charge in [-0.15, -0.1) is 10.2 Å². The number of carbonyl (C=O) groups is 1. The van der Waals surface area contributed by atoms with Crippen LogP contribution in [0.2, 0.25) is 0 Å². The first-order valence-electron chi connectivity index (χ1n) is 11.3. The van der Waals surface area contributed by atoms with E-state index >= 15 is 0 Å². The highest BCUT2D eigenvalue weighted by molar-refractivity contribution is 7.99. The summed E-state index contributed by atoms with van der Waals surface area (Å²) in [7, 11) is 3.24. The van der Waals surface area contributed by atoms with Crippen LogP contribution in [0.5, 0.6) is 11.5 Å². The normalized spacial score (nSPS) is 10.8. The topological polar surface area (TPSA) is 74.2 Å². The van der Waals surface area contributed by atoms with Crippen LogP contribution >= 0.6 is 11.8 Å². The number of rotatable bonds is 8. The van der Waals surface area contributed by atoms with Crippen molar-refractivity contribution in [2.75, 3.05) is 20.0 Å². The Labute approximate surface area is 213 Å². The van der Waals surface area contributed by atoms with E-state index in [0.29, 0.717) is 33.6 Å². The molecule has 0 spiro atoms. The lowest BCUT2D eigenvalue weighted by molar-refractivity contribution is 0.102. The van der Waals surface area contributed by atoms with E-state index < -0.39 is 0 Å². The second kappa shape index (κ2) is 10.6. The fourth-order valence-electron chi connectivity index (χ4n) is 4.00. The fourth-order valence-corrected chi connectivity index (χ4v) is 4.68. The largest absolute Gasteiger partial charge is 0.496 e. The average Bonchev–Trinajstić information content (AvgIpc) is 2.95. The van der Waals surface area contributed by atoms with Crippen molar-refractivity contribution in [2.45, 2.75) is 5.16 Å². The number of para-hydroxylation sites is 2. The summed E-state index contributed by atoms with van der Waals surface area (Å²) in [5.74, 6) is 1.52. The van der Waals surface area contributed by atoms with Gasteiger partial charge < -0.3 is 9.47 Å². The van der Waals surface area contributed by atoms with Crippen molar-refractivity contribution in [3.63, 3.8) is 0 Å². The standard InChI is InChI=1S/C29H23N3O3S/c1-34-25-13-7-5-11-22(25)27-28(23-12-6-8-14-26(23)35-2)31-32-29(30-27)36-18-24(33)21-16-15-19-9-3-4-10-20(19)17-21/h3-17H,18H2,1-2H3. The van der Waals surface area contributed by atoms with E-state index in [1.165, 1.54) is 11.8 Å². The Morgan fingerprint density at radius 3 is 2.03 bits per heavy atom. The summed E-state index contributed by atoms with van der Waals surface area (Å²) >= 11 is 1.26. The third-order valence-electron chi connectivity index (χ3n) is 5.80. The first-order valence-corrected chi connectivity index (χ1v) is 12.3. The molecule has 5 aromatic rings. The lowest BCUT2D eigenvalue weighted by Crippen LogP contribution is -2.05. The molecule has 0 unspecified atom stereocenters. The molecule has 1 heterocycles. The van der Waals surface area contributed by atoms with E-state index in [1.807, 2.05) is 91.0 Å². The number of aromatic nitrogens is 3. The van der Waals surface area contributed by atoms with Gasteiger partial charge in [0.25, 0.3) is 0 Å². The number of hydrogen-bond donors (Lipinski definition) is 0. The van der Waals surface area contributed by atoms with Gasteiger partial charge in [0.15, 0.2) is 5.78 Å². The summed E-state index contributed by atoms with van der Waals surface area (Å²) in [5.41, 5.74) is 3.38. The molecule has 0 amide bonds. The maximum absolute atomic E-state index is 13.0. The molecule has 0 fully saturated rings. The molecule has 0 aliphatic heterocycles. The van der Waals surface area contributed by atoms with E-state index in [9.17, 15) is 4.79 Å². The molecule has 0 N–H and O–H groups in total. The number of thioether (sulfide) groups is 1. The molecule has 178 valence electrons. The minimum Gasteiger partial charge on any atom is -0.496 e. The summed E-state index contributed by atoms with van der Waals surface area (Å²) in [6.45, 7) is 0. The molecule has 5 rings (SSSR count). The molecule has 0 aliphatic carbocycles. The summed E-state index contributed by atoms with van der Waals surface area (Å²) in [6, 6.07) is 28.9. The molecular weight excluding hydrogens is 470 g/mol. The van der Waals surface area contributed by atoms with E-state index in [2.05, 4.69) is 10.2 Å². The van der Waals surface area contributed by atoms with Crippen LogP contribution in [0, 0.1) is 0 Å². The second-order valence-corrected chi connectivity index (χ2v) is 8.91. The number of fused-ring (bicyclic) bond motifs is 1. The number of hydrogen-bond acceptors (Lipinski definition) is 7. The first-order chi connectivity index (χ1) is 17.7. The van der Waals surface area contributed by atoms with Crippen LogP contribution < -0.4 is 9.47 Å². The molecule has 36 heavy (non-hydrogen) atoms. The number of nitrogens with zero attached hydrogens (tertiary/aromatic N) is 3. The number of methoxy groups -OCH3 is 2. The number of Topliss-reactive ketones (excluding diaryl/α,β-unsaturated/α-hetero) is 1. The van der Waals surface area contributed by atoms with Crippen molar-refractivity contribution in [1.29, 1.82) is 0 Å². The molecule has 6 nitrogen and oxygen atoms in total. The Morgan fingerprint density at radius 1 is 0.722 bits per heavy atom. The summed E-state index contributed by atoms with van der Waals surface area (Å²) < 4.78 is 11.2. The molecule has 0 radical (unpaired) electrons. The molecule has 1 aromatic heterocycles. The van der Waals surface area contributed by atoms with Gasteiger partial charge in [-0.1, -0.05) is 72.4 Å². The van der Waals surface area contributed by atoms with Gasteiger partial charge in [-0.3, -0.25) is 4.79 Å². The zero-order valence-electron chi connectivity index (χ0n) is 19.8. The molecule has 0 saturated heterocycles. The Morgan fingerprint density at radius 2 is 1.33 bits per heavy atom. The van der Waals surface area contributed by atoms with E-state index in [1.54, 1.807) is 14.2 Å². The van der Waals surface area contributed by atoms with Crippen LogP contribution in [-0.2, 0) is 0 Å². The Bertz CT molecular complexity index is 1550. The quantitative estimate of drug-likeness (QED) is 0.184. The lowest BCUT2D eigenvalue weighted by atomic mass is 10.0. The Kier molecular flexibility index (Phi) is 6.91. The summed E-state index contributed by atoms with van der Waals surface area (Å²) in [6.07, 6.45) is 0. The molecule has 0 saturated carbocycles. The second-order valence-electron chi connectivity index (χ2n) is 7.97. The number of benzene rings is 4. The minimum atomic E-state index is 0.00185. The van der Waals surface area contributed by atoms with Crippen LogP contribution in [0.25, 0.3) is 33.3 Å². The number of ketones is 1. The van der Waals surface area contributed by atoms with Gasteiger partial charge in [0.2, 0.25) is 5.16 Å². The highest BCUT2D eigenvalue weighted by Gasteiger charge is 2.20. The van der Waals surface area contributed by atoms with Crippen molar-refractivity contribution in [2.24, 2.45) is 0 Å². The smallest absolute Gasteiger partial charge is 0.210 e. The Balaban J connectivity index is 1.49. The van der Waals surface area contributed by atoms with Gasteiger partial charge in [-0.25, -0.2) is 4.98 Å². The van der Waals surface area contributed by atoms with Crippen molar-refractivity contribution < 1.29 is 14.3 Å². The summed E-state index contributed by atoms with van der Waals surface area (Å²) in [4.78, 5) is 17.8. The number of carbonyl (C=O) groups excluding carboxylic acids is 1. The molecule has 0 atom stereocenters. The monoisotopic (exact) mass is 493 g/mol. The minimum absolute atomic E-state index is 0.00185. The van der Waals surface area contributed by atoms with Gasteiger partial charge in [-0.05, 0) is 41.1 Å². The Hall–Kier alpha value is -4.23. The maximum atomic E-state index is 13.0. The maximum Gasteiger partial charge on any atom is 0.210 e. The van der Waals surface area contributed by atoms with Gasteiger partial charge in [0.05, 0.1) is 20.0 Å². The van der Waals surface area contributed by atoms with Gasteiger partial charge in [0, 0.05) is 16.7 Å². The molecular formula is C29H23N3O3S. The molecule has 4 aromatic carbocycles.